The van der Waals surface area contributed by atoms with Gasteiger partial charge in [0, 0.05) is 17.4 Å². The van der Waals surface area contributed by atoms with E-state index in [9.17, 15) is 0 Å². The first kappa shape index (κ1) is 14.8. The molecule has 1 aromatic heterocycles. The molecule has 0 aliphatic carbocycles. The third kappa shape index (κ3) is 3.63. The molecule has 0 aliphatic heterocycles. The molecule has 7 heteroatoms. The van der Waals surface area contributed by atoms with Crippen molar-refractivity contribution in [3.8, 4) is 0 Å². The summed E-state index contributed by atoms with van der Waals surface area (Å²) in [4.78, 5) is 8.26. The molecule has 2 aromatic rings. The van der Waals surface area contributed by atoms with Gasteiger partial charge in [-0.15, -0.1) is 12.4 Å². The topological polar surface area (TPSA) is 63.8 Å². The fraction of sp³-hybridized carbons (Fsp3) is 0.0909. The second-order valence-electron chi connectivity index (χ2n) is 3.51. The molecule has 3 N–H and O–H groups in total. The molecule has 0 spiro atoms. The van der Waals surface area contributed by atoms with E-state index in [-0.39, 0.29) is 12.4 Å². The Morgan fingerprint density at radius 1 is 1.11 bits per heavy atom. The maximum atomic E-state index is 5.91. The fourth-order valence-corrected chi connectivity index (χ4v) is 1.65. The van der Waals surface area contributed by atoms with Gasteiger partial charge in [-0.05, 0) is 25.1 Å². The van der Waals surface area contributed by atoms with Crippen molar-refractivity contribution in [2.75, 3.05) is 11.1 Å². The Morgan fingerprint density at radius 2 is 1.83 bits per heavy atom. The highest BCUT2D eigenvalue weighted by atomic mass is 35.5. The third-order valence-corrected chi connectivity index (χ3v) is 2.79. The van der Waals surface area contributed by atoms with Crippen molar-refractivity contribution >= 4 is 53.1 Å². The minimum Gasteiger partial charge on any atom is -0.384 e. The largest absolute Gasteiger partial charge is 0.384 e. The number of hydrogen-bond acceptors (Lipinski definition) is 4. The molecule has 0 radical (unpaired) electrons. The number of halogens is 3. The Balaban J connectivity index is 0.00000162. The predicted molar refractivity (Wildman–Crippen MR) is 78.2 cm³/mol. The molecule has 18 heavy (non-hydrogen) atoms. The lowest BCUT2D eigenvalue weighted by Gasteiger charge is -2.07. The van der Waals surface area contributed by atoms with Crippen molar-refractivity contribution in [1.82, 2.24) is 9.97 Å². The van der Waals surface area contributed by atoms with Crippen LogP contribution in [0.5, 0.6) is 0 Å². The molecule has 0 aliphatic rings. The highest BCUT2D eigenvalue weighted by Crippen LogP contribution is 2.26. The molecule has 0 bridgehead atoms. The summed E-state index contributed by atoms with van der Waals surface area (Å²) in [7, 11) is 0. The van der Waals surface area contributed by atoms with Crippen LogP contribution >= 0.6 is 35.6 Å². The maximum Gasteiger partial charge on any atom is 0.229 e. The predicted octanol–water partition coefficient (Wildman–Crippen LogP) is 3.84. The number of rotatable bonds is 2. The number of nitrogens with one attached hydrogen (secondary N) is 1. The van der Waals surface area contributed by atoms with Crippen molar-refractivity contribution < 1.29 is 0 Å². The second-order valence-corrected chi connectivity index (χ2v) is 4.33. The zero-order valence-corrected chi connectivity index (χ0v) is 11.8. The van der Waals surface area contributed by atoms with Gasteiger partial charge in [0.2, 0.25) is 5.95 Å². The molecule has 0 amide bonds. The van der Waals surface area contributed by atoms with Crippen LogP contribution in [0.2, 0.25) is 10.0 Å². The smallest absolute Gasteiger partial charge is 0.229 e. The summed E-state index contributed by atoms with van der Waals surface area (Å²) < 4.78 is 0. The summed E-state index contributed by atoms with van der Waals surface area (Å²) in [5, 5.41) is 3.98. The zero-order valence-electron chi connectivity index (χ0n) is 9.45. The van der Waals surface area contributed by atoms with Gasteiger partial charge >= 0.3 is 0 Å². The number of nitrogens with zero attached hydrogens (tertiary/aromatic N) is 2. The first-order valence-electron chi connectivity index (χ1n) is 4.88. The SMILES string of the molecule is Cc1cc(N)nc(Nc2ccc(Cl)c(Cl)c2)n1.Cl. The summed E-state index contributed by atoms with van der Waals surface area (Å²) >= 11 is 11.7. The average molecular weight is 306 g/mol. The first-order chi connectivity index (χ1) is 8.04. The molecule has 0 saturated carbocycles. The quantitative estimate of drug-likeness (QED) is 0.885. The minimum atomic E-state index is 0. The van der Waals surface area contributed by atoms with E-state index < -0.39 is 0 Å². The molecular weight excluding hydrogens is 295 g/mol. The van der Waals surface area contributed by atoms with Crippen molar-refractivity contribution in [3.63, 3.8) is 0 Å². The van der Waals surface area contributed by atoms with Gasteiger partial charge in [-0.1, -0.05) is 23.2 Å². The summed E-state index contributed by atoms with van der Waals surface area (Å²) in [6.07, 6.45) is 0. The van der Waals surface area contributed by atoms with E-state index in [1.165, 1.54) is 0 Å². The van der Waals surface area contributed by atoms with Crippen LogP contribution < -0.4 is 11.1 Å². The van der Waals surface area contributed by atoms with E-state index in [0.717, 1.165) is 11.4 Å². The Labute approximate surface area is 121 Å². The van der Waals surface area contributed by atoms with E-state index in [0.29, 0.717) is 21.8 Å². The molecular formula is C11H11Cl3N4. The Morgan fingerprint density at radius 3 is 2.44 bits per heavy atom. The van der Waals surface area contributed by atoms with E-state index >= 15 is 0 Å². The molecule has 1 heterocycles. The van der Waals surface area contributed by atoms with Gasteiger partial charge < -0.3 is 11.1 Å². The van der Waals surface area contributed by atoms with Gasteiger partial charge in [0.15, 0.2) is 0 Å². The van der Waals surface area contributed by atoms with E-state index in [1.807, 2.05) is 6.92 Å². The molecule has 4 nitrogen and oxygen atoms in total. The third-order valence-electron chi connectivity index (χ3n) is 2.05. The normalized spacial score (nSPS) is 9.72. The average Bonchev–Trinajstić information content (AvgIpc) is 2.22. The van der Waals surface area contributed by atoms with Crippen molar-refractivity contribution in [3.05, 3.63) is 40.0 Å². The van der Waals surface area contributed by atoms with E-state index in [4.69, 9.17) is 28.9 Å². The first-order valence-corrected chi connectivity index (χ1v) is 5.63. The van der Waals surface area contributed by atoms with Crippen LogP contribution in [0.15, 0.2) is 24.3 Å². The molecule has 0 fully saturated rings. The second kappa shape index (κ2) is 6.09. The van der Waals surface area contributed by atoms with Gasteiger partial charge in [0.1, 0.15) is 5.82 Å². The van der Waals surface area contributed by atoms with Gasteiger partial charge in [-0.25, -0.2) is 4.98 Å². The minimum absolute atomic E-state index is 0. The van der Waals surface area contributed by atoms with Crippen molar-refractivity contribution in [2.45, 2.75) is 6.92 Å². The van der Waals surface area contributed by atoms with Crippen LogP contribution in [0.3, 0.4) is 0 Å². The van der Waals surface area contributed by atoms with Gasteiger partial charge in [-0.2, -0.15) is 4.98 Å². The number of aromatic nitrogens is 2. The van der Waals surface area contributed by atoms with Gasteiger partial charge in [0.05, 0.1) is 10.0 Å². The Hall–Kier alpha value is -1.23. The van der Waals surface area contributed by atoms with Crippen LogP contribution in [0.1, 0.15) is 5.69 Å². The number of benzene rings is 1. The van der Waals surface area contributed by atoms with Crippen molar-refractivity contribution in [2.24, 2.45) is 0 Å². The molecule has 96 valence electrons. The lowest BCUT2D eigenvalue weighted by Crippen LogP contribution is -2.01. The fourth-order valence-electron chi connectivity index (χ4n) is 1.35. The highest BCUT2D eigenvalue weighted by molar-refractivity contribution is 6.42. The number of aryl methyl sites for hydroxylation is 1. The van der Waals surface area contributed by atoms with Crippen LogP contribution in [0.25, 0.3) is 0 Å². The maximum absolute atomic E-state index is 5.91. The van der Waals surface area contributed by atoms with E-state index in [2.05, 4.69) is 15.3 Å². The molecule has 0 saturated heterocycles. The number of nitrogen functional groups attached to an aromatic ring is 1. The zero-order chi connectivity index (χ0) is 12.4. The van der Waals surface area contributed by atoms with Crippen LogP contribution in [-0.2, 0) is 0 Å². The van der Waals surface area contributed by atoms with Crippen LogP contribution in [0.4, 0.5) is 17.5 Å². The van der Waals surface area contributed by atoms with E-state index in [1.54, 1.807) is 24.3 Å². The number of hydrogen-bond donors (Lipinski definition) is 2. The number of anilines is 3. The van der Waals surface area contributed by atoms with Gasteiger partial charge in [-0.3, -0.25) is 0 Å². The Bertz CT molecular complexity index is 540. The molecule has 1 aromatic carbocycles. The molecule has 0 unspecified atom stereocenters. The van der Waals surface area contributed by atoms with Crippen LogP contribution in [0, 0.1) is 6.92 Å². The Kier molecular flexibility index (Phi) is 5.02. The van der Waals surface area contributed by atoms with Crippen LogP contribution in [-0.4, -0.2) is 9.97 Å². The standard InChI is InChI=1S/C11H10Cl2N4.ClH/c1-6-4-10(14)17-11(15-6)16-7-2-3-8(12)9(13)5-7;/h2-5H,1H3,(H3,14,15,16,17);1H. The molecule has 2 rings (SSSR count). The summed E-state index contributed by atoms with van der Waals surface area (Å²) in [5.41, 5.74) is 7.17. The summed E-state index contributed by atoms with van der Waals surface area (Å²) in [5.74, 6) is 0.848. The molecule has 0 atom stereocenters. The summed E-state index contributed by atoms with van der Waals surface area (Å²) in [6, 6.07) is 6.88. The monoisotopic (exact) mass is 304 g/mol. The lowest BCUT2D eigenvalue weighted by atomic mass is 10.3. The summed E-state index contributed by atoms with van der Waals surface area (Å²) in [6.45, 7) is 1.85. The highest BCUT2D eigenvalue weighted by Gasteiger charge is 2.03. The van der Waals surface area contributed by atoms with Crippen molar-refractivity contribution in [1.29, 1.82) is 0 Å². The lowest BCUT2D eigenvalue weighted by molar-refractivity contribution is 1.11. The van der Waals surface area contributed by atoms with Gasteiger partial charge in [0.25, 0.3) is 0 Å². The number of nitrogens with two attached hydrogens (primary N) is 1.